The topological polar surface area (TPSA) is 115 Å². The first-order valence-electron chi connectivity index (χ1n) is 6.94. The summed E-state index contributed by atoms with van der Waals surface area (Å²) in [6.07, 6.45) is 4.42. The maximum Gasteiger partial charge on any atom is 0.325 e. The van der Waals surface area contributed by atoms with E-state index in [2.05, 4.69) is 20.5 Å². The molecule has 3 aromatic heterocycles. The van der Waals surface area contributed by atoms with Gasteiger partial charge in [-0.3, -0.25) is 24.3 Å². The van der Waals surface area contributed by atoms with Crippen molar-refractivity contribution in [1.82, 2.24) is 24.5 Å². The Hall–Kier alpha value is -3.01. The molecule has 3 rings (SSSR count). The van der Waals surface area contributed by atoms with Crippen molar-refractivity contribution in [3.8, 4) is 11.3 Å². The third-order valence-corrected chi connectivity index (χ3v) is 4.19. The molecule has 2 N–H and O–H groups in total. The minimum absolute atomic E-state index is 0.269. The Kier molecular flexibility index (Phi) is 4.13. The number of anilines is 1. The molecule has 9 nitrogen and oxygen atoms in total. The molecule has 0 aromatic carbocycles. The SMILES string of the molecule is Cc1c(-c2csc(NC(=O)c3cnn(CC(=O)O)c3)n2)cnn1C. The van der Waals surface area contributed by atoms with Crippen LogP contribution in [0.15, 0.2) is 24.0 Å². The lowest BCUT2D eigenvalue weighted by molar-refractivity contribution is -0.137. The van der Waals surface area contributed by atoms with Crippen LogP contribution in [0.2, 0.25) is 0 Å². The molecular formula is C14H14N6O3S. The van der Waals surface area contributed by atoms with Gasteiger partial charge in [-0.25, -0.2) is 4.98 Å². The van der Waals surface area contributed by atoms with Gasteiger partial charge in [0.1, 0.15) is 6.54 Å². The molecule has 0 aliphatic heterocycles. The predicted octanol–water partition coefficient (Wildman–Crippen LogP) is 1.39. The number of carbonyl (C=O) groups excluding carboxylic acids is 1. The standard InChI is InChI=1S/C14H14N6O3S/c1-8-10(4-15-19(8)2)11-7-24-14(17-11)18-13(23)9-3-16-20(5-9)6-12(21)22/h3-5,7H,6H2,1-2H3,(H,21,22)(H,17,18,23). The number of aryl methyl sites for hydroxylation is 1. The van der Waals surface area contributed by atoms with E-state index >= 15 is 0 Å². The van der Waals surface area contributed by atoms with Gasteiger partial charge >= 0.3 is 5.97 Å². The second kappa shape index (κ2) is 6.24. The van der Waals surface area contributed by atoms with Crippen LogP contribution in [0.25, 0.3) is 11.3 Å². The van der Waals surface area contributed by atoms with Crippen LogP contribution in [0.1, 0.15) is 16.1 Å². The molecule has 0 fully saturated rings. The Morgan fingerprint density at radius 2 is 2.12 bits per heavy atom. The van der Waals surface area contributed by atoms with Crippen molar-refractivity contribution >= 4 is 28.3 Å². The van der Waals surface area contributed by atoms with Crippen molar-refractivity contribution < 1.29 is 14.7 Å². The number of thiazole rings is 1. The van der Waals surface area contributed by atoms with Crippen LogP contribution >= 0.6 is 11.3 Å². The first-order chi connectivity index (χ1) is 11.4. The summed E-state index contributed by atoms with van der Waals surface area (Å²) in [5.74, 6) is -1.42. The normalized spacial score (nSPS) is 10.8. The van der Waals surface area contributed by atoms with Crippen LogP contribution < -0.4 is 5.32 Å². The molecule has 3 heterocycles. The van der Waals surface area contributed by atoms with E-state index in [1.165, 1.54) is 28.4 Å². The average molecular weight is 346 g/mol. The average Bonchev–Trinajstić information content (AvgIpc) is 3.22. The molecule has 10 heteroatoms. The van der Waals surface area contributed by atoms with E-state index in [1.807, 2.05) is 19.4 Å². The lowest BCUT2D eigenvalue weighted by Gasteiger charge is -1.99. The zero-order valence-electron chi connectivity index (χ0n) is 12.9. The second-order valence-electron chi connectivity index (χ2n) is 5.08. The maximum absolute atomic E-state index is 12.2. The van der Waals surface area contributed by atoms with Crippen molar-refractivity contribution in [1.29, 1.82) is 0 Å². The summed E-state index contributed by atoms with van der Waals surface area (Å²) in [6, 6.07) is 0. The smallest absolute Gasteiger partial charge is 0.325 e. The highest BCUT2D eigenvalue weighted by molar-refractivity contribution is 7.14. The van der Waals surface area contributed by atoms with E-state index in [9.17, 15) is 9.59 Å². The van der Waals surface area contributed by atoms with Gasteiger partial charge < -0.3 is 5.11 Å². The van der Waals surface area contributed by atoms with Crippen LogP contribution in [0.3, 0.4) is 0 Å². The minimum Gasteiger partial charge on any atom is -0.480 e. The largest absolute Gasteiger partial charge is 0.480 e. The third-order valence-electron chi connectivity index (χ3n) is 3.43. The summed E-state index contributed by atoms with van der Waals surface area (Å²) in [7, 11) is 1.85. The maximum atomic E-state index is 12.2. The summed E-state index contributed by atoms with van der Waals surface area (Å²) >= 11 is 1.30. The van der Waals surface area contributed by atoms with E-state index < -0.39 is 11.9 Å². The van der Waals surface area contributed by atoms with Gasteiger partial charge in [0, 0.05) is 29.9 Å². The van der Waals surface area contributed by atoms with E-state index in [1.54, 1.807) is 10.9 Å². The van der Waals surface area contributed by atoms with Crippen LogP contribution in [0, 0.1) is 6.92 Å². The zero-order valence-corrected chi connectivity index (χ0v) is 13.7. The van der Waals surface area contributed by atoms with Gasteiger partial charge in [0.2, 0.25) is 0 Å². The lowest BCUT2D eigenvalue weighted by atomic mass is 10.2. The number of amides is 1. The molecule has 0 unspecified atom stereocenters. The molecular weight excluding hydrogens is 332 g/mol. The highest BCUT2D eigenvalue weighted by Gasteiger charge is 2.14. The molecule has 0 aliphatic rings. The highest BCUT2D eigenvalue weighted by Crippen LogP contribution is 2.27. The number of carboxylic acids is 1. The van der Waals surface area contributed by atoms with Crippen LogP contribution in [-0.4, -0.2) is 41.5 Å². The molecule has 0 atom stereocenters. The van der Waals surface area contributed by atoms with E-state index in [4.69, 9.17) is 5.11 Å². The Balaban J connectivity index is 1.72. The number of nitrogens with zero attached hydrogens (tertiary/aromatic N) is 5. The first kappa shape index (κ1) is 15.9. The van der Waals surface area contributed by atoms with E-state index in [-0.39, 0.29) is 12.1 Å². The molecule has 0 saturated heterocycles. The Labute approximate surface area is 140 Å². The van der Waals surface area contributed by atoms with Crippen molar-refractivity contribution in [2.45, 2.75) is 13.5 Å². The van der Waals surface area contributed by atoms with E-state index in [0.29, 0.717) is 5.13 Å². The second-order valence-corrected chi connectivity index (χ2v) is 5.94. The van der Waals surface area contributed by atoms with Gasteiger partial charge in [-0.15, -0.1) is 11.3 Å². The summed E-state index contributed by atoms with van der Waals surface area (Å²) in [5, 5.41) is 21.7. The summed E-state index contributed by atoms with van der Waals surface area (Å²) in [5.41, 5.74) is 2.89. The molecule has 124 valence electrons. The third kappa shape index (κ3) is 3.18. The quantitative estimate of drug-likeness (QED) is 0.721. The fourth-order valence-electron chi connectivity index (χ4n) is 2.08. The number of carboxylic acid groups (broad SMARTS) is 1. The summed E-state index contributed by atoms with van der Waals surface area (Å²) in [4.78, 5) is 27.2. The monoisotopic (exact) mass is 346 g/mol. The molecule has 0 aliphatic carbocycles. The summed E-state index contributed by atoms with van der Waals surface area (Å²) < 4.78 is 2.94. The molecule has 1 amide bonds. The molecule has 3 aromatic rings. The Morgan fingerprint density at radius 3 is 2.79 bits per heavy atom. The van der Waals surface area contributed by atoms with Gasteiger partial charge in [0.05, 0.1) is 23.7 Å². The Morgan fingerprint density at radius 1 is 1.33 bits per heavy atom. The molecule has 0 radical (unpaired) electrons. The predicted molar refractivity (Wildman–Crippen MR) is 86.9 cm³/mol. The van der Waals surface area contributed by atoms with Crippen molar-refractivity contribution in [2.24, 2.45) is 7.05 Å². The molecule has 24 heavy (non-hydrogen) atoms. The van der Waals surface area contributed by atoms with Crippen molar-refractivity contribution in [2.75, 3.05) is 5.32 Å². The van der Waals surface area contributed by atoms with Crippen molar-refractivity contribution in [3.05, 3.63) is 35.2 Å². The van der Waals surface area contributed by atoms with E-state index in [0.717, 1.165) is 17.0 Å². The number of nitrogens with one attached hydrogen (secondary N) is 1. The van der Waals surface area contributed by atoms with Gasteiger partial charge in [-0.2, -0.15) is 10.2 Å². The fourth-order valence-corrected chi connectivity index (χ4v) is 2.79. The van der Waals surface area contributed by atoms with Crippen LogP contribution in [-0.2, 0) is 18.4 Å². The number of aromatic nitrogens is 5. The number of aliphatic carboxylic acids is 1. The first-order valence-corrected chi connectivity index (χ1v) is 7.82. The van der Waals surface area contributed by atoms with Crippen molar-refractivity contribution in [3.63, 3.8) is 0 Å². The number of hydrogen-bond acceptors (Lipinski definition) is 6. The number of rotatable bonds is 5. The minimum atomic E-state index is -1.03. The van der Waals surface area contributed by atoms with Gasteiger partial charge in [-0.05, 0) is 6.92 Å². The highest BCUT2D eigenvalue weighted by atomic mass is 32.1. The lowest BCUT2D eigenvalue weighted by Crippen LogP contribution is -2.12. The molecule has 0 saturated carbocycles. The Bertz CT molecular complexity index is 909. The van der Waals surface area contributed by atoms with Crippen LogP contribution in [0.4, 0.5) is 5.13 Å². The number of hydrogen-bond donors (Lipinski definition) is 2. The summed E-state index contributed by atoms with van der Waals surface area (Å²) in [6.45, 7) is 1.64. The van der Waals surface area contributed by atoms with Gasteiger partial charge in [-0.1, -0.05) is 0 Å². The molecule has 0 spiro atoms. The van der Waals surface area contributed by atoms with Gasteiger partial charge in [0.25, 0.3) is 5.91 Å². The van der Waals surface area contributed by atoms with Gasteiger partial charge in [0.15, 0.2) is 5.13 Å². The number of carbonyl (C=O) groups is 2. The zero-order chi connectivity index (χ0) is 17.3. The van der Waals surface area contributed by atoms with Crippen LogP contribution in [0.5, 0.6) is 0 Å². The molecule has 0 bridgehead atoms. The fraction of sp³-hybridized carbons (Fsp3) is 0.214.